The molecule has 0 unspecified atom stereocenters. The fourth-order valence-corrected chi connectivity index (χ4v) is 1.20. The van der Waals surface area contributed by atoms with E-state index in [4.69, 9.17) is 15.9 Å². The number of nitrogens with one attached hydrogen (secondary N) is 1. The summed E-state index contributed by atoms with van der Waals surface area (Å²) in [5.74, 6) is 1.92. The number of alkyl halides is 3. The molecule has 7 heteroatoms. The van der Waals surface area contributed by atoms with Crippen LogP contribution in [-0.4, -0.2) is 31.8 Å². The molecule has 0 radical (unpaired) electrons. The van der Waals surface area contributed by atoms with Gasteiger partial charge in [0.25, 0.3) is 5.91 Å². The molecule has 108 valence electrons. The summed E-state index contributed by atoms with van der Waals surface area (Å²) in [5, 5.41) is 1.69. The number of benzene rings is 1. The molecule has 0 aliphatic heterocycles. The minimum absolute atomic E-state index is 0.0145. The van der Waals surface area contributed by atoms with E-state index in [1.807, 2.05) is 0 Å². The zero-order valence-corrected chi connectivity index (χ0v) is 10.4. The zero-order chi connectivity index (χ0) is 15.0. The van der Waals surface area contributed by atoms with Crippen molar-refractivity contribution in [1.29, 1.82) is 0 Å². The van der Waals surface area contributed by atoms with E-state index in [1.165, 1.54) is 6.07 Å². The van der Waals surface area contributed by atoms with Crippen molar-refractivity contribution in [2.24, 2.45) is 0 Å². The molecule has 1 aromatic carbocycles. The van der Waals surface area contributed by atoms with Crippen molar-refractivity contribution < 1.29 is 27.4 Å². The maximum Gasteiger partial charge on any atom is 0.405 e. The molecule has 1 N–H and O–H groups in total. The molecule has 1 rings (SSSR count). The molecule has 0 atom stereocenters. The van der Waals surface area contributed by atoms with Gasteiger partial charge in [-0.3, -0.25) is 4.79 Å². The Kier molecular flexibility index (Phi) is 5.72. The van der Waals surface area contributed by atoms with Crippen molar-refractivity contribution in [2.75, 3.05) is 19.8 Å². The van der Waals surface area contributed by atoms with Gasteiger partial charge >= 0.3 is 6.18 Å². The van der Waals surface area contributed by atoms with Crippen LogP contribution in [0, 0.1) is 12.3 Å². The molecule has 20 heavy (non-hydrogen) atoms. The number of amides is 1. The second-order valence-corrected chi connectivity index (χ2v) is 3.62. The third kappa shape index (κ3) is 6.00. The largest absolute Gasteiger partial charge is 0.480 e. The Balaban J connectivity index is 2.49. The predicted molar refractivity (Wildman–Crippen MR) is 65.3 cm³/mol. The maximum atomic E-state index is 11.9. The standard InChI is InChI=1S/C13H12F3NO3/c1-2-7-19-10-5-3-4-6-11(10)20-8-12(18)17-9-13(14,15)16/h1,3-6H,7-9H2,(H,17,18). The van der Waals surface area contributed by atoms with Crippen LogP contribution < -0.4 is 14.8 Å². The van der Waals surface area contributed by atoms with E-state index < -0.39 is 25.2 Å². The number of terminal acetylenes is 1. The van der Waals surface area contributed by atoms with E-state index in [2.05, 4.69) is 5.92 Å². The predicted octanol–water partition coefficient (Wildman–Crippen LogP) is 1.76. The summed E-state index contributed by atoms with van der Waals surface area (Å²) >= 11 is 0. The third-order valence-electron chi connectivity index (χ3n) is 2.00. The Hall–Kier alpha value is -2.36. The molecular weight excluding hydrogens is 275 g/mol. The molecule has 1 aromatic rings. The summed E-state index contributed by atoms with van der Waals surface area (Å²) in [6.45, 7) is -1.93. The number of rotatable bonds is 6. The monoisotopic (exact) mass is 287 g/mol. The second kappa shape index (κ2) is 7.28. The van der Waals surface area contributed by atoms with Crippen LogP contribution in [0.1, 0.15) is 0 Å². The molecule has 0 aromatic heterocycles. The molecule has 4 nitrogen and oxygen atoms in total. The molecule has 0 saturated carbocycles. The molecule has 0 aliphatic rings. The third-order valence-corrected chi connectivity index (χ3v) is 2.00. The van der Waals surface area contributed by atoms with Crippen LogP contribution in [0.5, 0.6) is 11.5 Å². The van der Waals surface area contributed by atoms with E-state index in [0.717, 1.165) is 0 Å². The fourth-order valence-electron chi connectivity index (χ4n) is 1.20. The minimum Gasteiger partial charge on any atom is -0.480 e. The zero-order valence-electron chi connectivity index (χ0n) is 10.4. The van der Waals surface area contributed by atoms with Gasteiger partial charge in [0.1, 0.15) is 13.2 Å². The average Bonchev–Trinajstić information content (AvgIpc) is 2.40. The van der Waals surface area contributed by atoms with Gasteiger partial charge in [-0.05, 0) is 12.1 Å². The number of carbonyl (C=O) groups is 1. The van der Waals surface area contributed by atoms with Crippen molar-refractivity contribution in [3.8, 4) is 23.8 Å². The van der Waals surface area contributed by atoms with Gasteiger partial charge in [0, 0.05) is 0 Å². The summed E-state index contributed by atoms with van der Waals surface area (Å²) < 4.78 is 45.9. The number of ether oxygens (including phenoxy) is 2. The molecule has 0 bridgehead atoms. The molecule has 1 amide bonds. The van der Waals surface area contributed by atoms with E-state index >= 15 is 0 Å². The summed E-state index contributed by atoms with van der Waals surface area (Å²) in [4.78, 5) is 11.2. The Morgan fingerprint density at radius 3 is 2.40 bits per heavy atom. The van der Waals surface area contributed by atoms with E-state index in [0.29, 0.717) is 5.75 Å². The molecule has 0 spiro atoms. The normalized spacial score (nSPS) is 10.5. The van der Waals surface area contributed by atoms with Crippen molar-refractivity contribution in [3.05, 3.63) is 24.3 Å². The summed E-state index contributed by atoms with van der Waals surface area (Å²) in [7, 11) is 0. The quantitative estimate of drug-likeness (QED) is 0.811. The molecule has 0 saturated heterocycles. The Morgan fingerprint density at radius 1 is 1.25 bits per heavy atom. The lowest BCUT2D eigenvalue weighted by Gasteiger charge is -2.12. The highest BCUT2D eigenvalue weighted by molar-refractivity contribution is 5.77. The maximum absolute atomic E-state index is 11.9. The number of hydrogen-bond acceptors (Lipinski definition) is 3. The molecule has 0 fully saturated rings. The first kappa shape index (κ1) is 15.7. The molecular formula is C13H12F3NO3. The van der Waals surface area contributed by atoms with E-state index in [9.17, 15) is 18.0 Å². The van der Waals surface area contributed by atoms with Gasteiger partial charge in [-0.25, -0.2) is 0 Å². The van der Waals surface area contributed by atoms with Gasteiger partial charge in [-0.15, -0.1) is 6.42 Å². The van der Waals surface area contributed by atoms with Gasteiger partial charge in [-0.1, -0.05) is 18.1 Å². The van der Waals surface area contributed by atoms with Gasteiger partial charge in [0.05, 0.1) is 0 Å². The Morgan fingerprint density at radius 2 is 1.85 bits per heavy atom. The van der Waals surface area contributed by atoms with Crippen LogP contribution in [-0.2, 0) is 4.79 Å². The SMILES string of the molecule is C#CCOc1ccccc1OCC(=O)NCC(F)(F)F. The van der Waals surface area contributed by atoms with Crippen LogP contribution in [0.15, 0.2) is 24.3 Å². The van der Waals surface area contributed by atoms with Gasteiger partial charge < -0.3 is 14.8 Å². The Bertz CT molecular complexity index is 494. The van der Waals surface area contributed by atoms with Crippen LogP contribution in [0.25, 0.3) is 0 Å². The number of carbonyl (C=O) groups excluding carboxylic acids is 1. The van der Waals surface area contributed by atoms with E-state index in [1.54, 1.807) is 23.5 Å². The van der Waals surface area contributed by atoms with Crippen LogP contribution >= 0.6 is 0 Å². The van der Waals surface area contributed by atoms with Crippen LogP contribution in [0.4, 0.5) is 13.2 Å². The highest BCUT2D eigenvalue weighted by Gasteiger charge is 2.27. The van der Waals surface area contributed by atoms with E-state index in [-0.39, 0.29) is 12.4 Å². The Labute approximate surface area is 113 Å². The first-order valence-corrected chi connectivity index (χ1v) is 5.54. The van der Waals surface area contributed by atoms with Gasteiger partial charge in [0.15, 0.2) is 18.1 Å². The minimum atomic E-state index is -4.45. The van der Waals surface area contributed by atoms with Crippen LogP contribution in [0.2, 0.25) is 0 Å². The number of para-hydroxylation sites is 2. The molecule has 0 heterocycles. The summed E-state index contributed by atoms with van der Waals surface area (Å²) in [6.07, 6.45) is 0.588. The molecule has 0 aliphatic carbocycles. The van der Waals surface area contributed by atoms with Crippen molar-refractivity contribution >= 4 is 5.91 Å². The topological polar surface area (TPSA) is 47.6 Å². The lowest BCUT2D eigenvalue weighted by atomic mass is 10.3. The fraction of sp³-hybridized carbons (Fsp3) is 0.308. The number of halogens is 3. The van der Waals surface area contributed by atoms with Crippen molar-refractivity contribution in [1.82, 2.24) is 5.32 Å². The van der Waals surface area contributed by atoms with Gasteiger partial charge in [0.2, 0.25) is 0 Å². The highest BCUT2D eigenvalue weighted by Crippen LogP contribution is 2.26. The lowest BCUT2D eigenvalue weighted by molar-refractivity contribution is -0.139. The average molecular weight is 287 g/mol. The van der Waals surface area contributed by atoms with Crippen molar-refractivity contribution in [2.45, 2.75) is 6.18 Å². The second-order valence-electron chi connectivity index (χ2n) is 3.62. The summed E-state index contributed by atoms with van der Waals surface area (Å²) in [5.41, 5.74) is 0. The first-order chi connectivity index (χ1) is 9.42. The highest BCUT2D eigenvalue weighted by atomic mass is 19.4. The lowest BCUT2D eigenvalue weighted by Crippen LogP contribution is -2.36. The van der Waals surface area contributed by atoms with Crippen molar-refractivity contribution in [3.63, 3.8) is 0 Å². The van der Waals surface area contributed by atoms with Crippen LogP contribution in [0.3, 0.4) is 0 Å². The van der Waals surface area contributed by atoms with Gasteiger partial charge in [-0.2, -0.15) is 13.2 Å². The summed E-state index contributed by atoms with van der Waals surface area (Å²) in [6, 6.07) is 6.39. The smallest absolute Gasteiger partial charge is 0.405 e. The number of hydrogen-bond donors (Lipinski definition) is 1. The first-order valence-electron chi connectivity index (χ1n) is 5.54.